The van der Waals surface area contributed by atoms with Gasteiger partial charge in [-0.15, -0.1) is 11.8 Å². The van der Waals surface area contributed by atoms with Crippen molar-refractivity contribution in [1.82, 2.24) is 5.32 Å². The van der Waals surface area contributed by atoms with Crippen LogP contribution in [0.2, 0.25) is 0 Å². The molecule has 2 aromatic rings. The van der Waals surface area contributed by atoms with Crippen LogP contribution in [0, 0.1) is 0 Å². The highest BCUT2D eigenvalue weighted by molar-refractivity contribution is 7.98. The highest BCUT2D eigenvalue weighted by atomic mass is 32.2. The second kappa shape index (κ2) is 7.29. The summed E-state index contributed by atoms with van der Waals surface area (Å²) < 4.78 is 0. The zero-order valence-electron chi connectivity index (χ0n) is 13.9. The minimum absolute atomic E-state index is 0.0150. The molecule has 1 atom stereocenters. The third-order valence-electron chi connectivity index (χ3n) is 4.40. The largest absolute Gasteiger partial charge is 0.383 e. The zero-order valence-corrected chi connectivity index (χ0v) is 14.7. The molecule has 5 nitrogen and oxygen atoms in total. The second-order valence-electron chi connectivity index (χ2n) is 6.06. The van der Waals surface area contributed by atoms with E-state index in [0.717, 1.165) is 22.4 Å². The van der Waals surface area contributed by atoms with Crippen LogP contribution in [-0.2, 0) is 21.6 Å². The van der Waals surface area contributed by atoms with Crippen molar-refractivity contribution in [2.75, 3.05) is 18.1 Å². The molecule has 25 heavy (non-hydrogen) atoms. The number of fused-ring (bicyclic) bond motifs is 1. The van der Waals surface area contributed by atoms with Crippen molar-refractivity contribution in [2.45, 2.75) is 23.3 Å². The van der Waals surface area contributed by atoms with Crippen LogP contribution in [-0.4, -0.2) is 29.7 Å². The molecule has 2 amide bonds. The van der Waals surface area contributed by atoms with Crippen LogP contribution in [0.15, 0.2) is 53.4 Å². The molecule has 0 aliphatic heterocycles. The lowest BCUT2D eigenvalue weighted by molar-refractivity contribution is -0.136. The Morgan fingerprint density at radius 2 is 1.96 bits per heavy atom. The third kappa shape index (κ3) is 3.86. The minimum atomic E-state index is -1.12. The van der Waals surface area contributed by atoms with Crippen LogP contribution in [0.3, 0.4) is 0 Å². The molecule has 0 aromatic heterocycles. The number of benzene rings is 2. The number of hydrogen-bond acceptors (Lipinski definition) is 4. The molecule has 3 N–H and O–H groups in total. The van der Waals surface area contributed by atoms with Crippen LogP contribution >= 0.6 is 11.8 Å². The quantitative estimate of drug-likeness (QED) is 0.580. The van der Waals surface area contributed by atoms with E-state index in [1.165, 1.54) is 0 Å². The Balaban J connectivity index is 1.60. The Bertz CT molecular complexity index is 809. The van der Waals surface area contributed by atoms with Crippen molar-refractivity contribution in [3.8, 4) is 0 Å². The summed E-state index contributed by atoms with van der Waals surface area (Å²) in [6.45, 7) is 0.0150. The van der Waals surface area contributed by atoms with Gasteiger partial charge in [-0.05, 0) is 48.4 Å². The van der Waals surface area contributed by atoms with Gasteiger partial charge in [0.2, 0.25) is 0 Å². The SMILES string of the molecule is CSc1cccc(NC(=O)C(=O)NCC2(O)CCc3ccccc32)c1. The summed E-state index contributed by atoms with van der Waals surface area (Å²) in [6.07, 6.45) is 3.23. The van der Waals surface area contributed by atoms with E-state index in [4.69, 9.17) is 0 Å². The third-order valence-corrected chi connectivity index (χ3v) is 5.13. The lowest BCUT2D eigenvalue weighted by Gasteiger charge is -2.24. The first-order chi connectivity index (χ1) is 12.0. The standard InChI is InChI=1S/C19H20N2O3S/c1-25-15-7-4-6-14(11-15)21-18(23)17(22)20-12-19(24)10-9-13-5-2-3-8-16(13)19/h2-8,11,24H,9-10,12H2,1H3,(H,20,22)(H,21,23). The van der Waals surface area contributed by atoms with Crippen molar-refractivity contribution >= 4 is 29.3 Å². The van der Waals surface area contributed by atoms with Crippen molar-refractivity contribution in [3.05, 3.63) is 59.7 Å². The highest BCUT2D eigenvalue weighted by Gasteiger charge is 2.37. The van der Waals surface area contributed by atoms with Gasteiger partial charge in [-0.2, -0.15) is 0 Å². The van der Waals surface area contributed by atoms with Gasteiger partial charge in [0.05, 0.1) is 6.54 Å². The molecule has 2 aromatic carbocycles. The van der Waals surface area contributed by atoms with Gasteiger partial charge >= 0.3 is 11.8 Å². The van der Waals surface area contributed by atoms with E-state index in [9.17, 15) is 14.7 Å². The van der Waals surface area contributed by atoms with E-state index in [0.29, 0.717) is 12.1 Å². The summed E-state index contributed by atoms with van der Waals surface area (Å²) in [7, 11) is 0. The average molecular weight is 356 g/mol. The maximum Gasteiger partial charge on any atom is 0.313 e. The predicted octanol–water partition coefficient (Wildman–Crippen LogP) is 2.30. The number of aliphatic hydroxyl groups is 1. The molecule has 1 aliphatic rings. The molecule has 6 heteroatoms. The van der Waals surface area contributed by atoms with E-state index < -0.39 is 17.4 Å². The van der Waals surface area contributed by atoms with Crippen LogP contribution in [0.25, 0.3) is 0 Å². The number of carbonyl (C=O) groups is 2. The van der Waals surface area contributed by atoms with E-state index >= 15 is 0 Å². The molecule has 0 saturated heterocycles. The number of carbonyl (C=O) groups excluding carboxylic acids is 2. The van der Waals surface area contributed by atoms with E-state index in [-0.39, 0.29) is 6.54 Å². The lowest BCUT2D eigenvalue weighted by Crippen LogP contribution is -2.43. The maximum atomic E-state index is 12.1. The summed E-state index contributed by atoms with van der Waals surface area (Å²) in [6, 6.07) is 14.9. The Labute approximate surface area is 150 Å². The topological polar surface area (TPSA) is 78.4 Å². The molecule has 0 radical (unpaired) electrons. The van der Waals surface area contributed by atoms with Gasteiger partial charge in [0.25, 0.3) is 0 Å². The van der Waals surface area contributed by atoms with E-state index in [1.54, 1.807) is 23.9 Å². The fourth-order valence-corrected chi connectivity index (χ4v) is 3.51. The van der Waals surface area contributed by atoms with Crippen molar-refractivity contribution in [2.24, 2.45) is 0 Å². The molecule has 0 spiro atoms. The number of amides is 2. The zero-order chi connectivity index (χ0) is 17.9. The number of nitrogens with one attached hydrogen (secondary N) is 2. The summed E-state index contributed by atoms with van der Waals surface area (Å²) in [5, 5.41) is 15.9. The smallest absolute Gasteiger partial charge is 0.313 e. The van der Waals surface area contributed by atoms with Crippen molar-refractivity contribution in [1.29, 1.82) is 0 Å². The van der Waals surface area contributed by atoms with Gasteiger partial charge in [-0.25, -0.2) is 0 Å². The second-order valence-corrected chi connectivity index (χ2v) is 6.94. The van der Waals surface area contributed by atoms with Crippen LogP contribution in [0.5, 0.6) is 0 Å². The highest BCUT2D eigenvalue weighted by Crippen LogP contribution is 2.36. The van der Waals surface area contributed by atoms with Gasteiger partial charge < -0.3 is 15.7 Å². The number of hydrogen-bond donors (Lipinski definition) is 3. The predicted molar refractivity (Wildman–Crippen MR) is 98.5 cm³/mol. The first-order valence-corrected chi connectivity index (χ1v) is 9.28. The van der Waals surface area contributed by atoms with Gasteiger partial charge in [-0.3, -0.25) is 9.59 Å². The molecule has 3 rings (SSSR count). The average Bonchev–Trinajstić information content (AvgIpc) is 2.97. The molecule has 0 saturated carbocycles. The van der Waals surface area contributed by atoms with Gasteiger partial charge in [0, 0.05) is 10.6 Å². The maximum absolute atomic E-state index is 12.1. The van der Waals surface area contributed by atoms with E-state index in [1.807, 2.05) is 42.7 Å². The van der Waals surface area contributed by atoms with Crippen LogP contribution in [0.1, 0.15) is 17.5 Å². The Kier molecular flexibility index (Phi) is 5.11. The molecule has 0 fully saturated rings. The van der Waals surface area contributed by atoms with Crippen LogP contribution in [0.4, 0.5) is 5.69 Å². The lowest BCUT2D eigenvalue weighted by atomic mass is 9.96. The van der Waals surface area contributed by atoms with E-state index in [2.05, 4.69) is 10.6 Å². The van der Waals surface area contributed by atoms with Gasteiger partial charge in [-0.1, -0.05) is 30.3 Å². The fraction of sp³-hybridized carbons (Fsp3) is 0.263. The summed E-state index contributed by atoms with van der Waals surface area (Å²) in [5.41, 5.74) is 1.35. The summed E-state index contributed by atoms with van der Waals surface area (Å²) >= 11 is 1.55. The summed E-state index contributed by atoms with van der Waals surface area (Å²) in [4.78, 5) is 25.1. The molecule has 0 bridgehead atoms. The minimum Gasteiger partial charge on any atom is -0.383 e. The molecule has 0 heterocycles. The first kappa shape index (κ1) is 17.5. The monoisotopic (exact) mass is 356 g/mol. The number of rotatable bonds is 4. The molecule has 1 aliphatic carbocycles. The Hall–Kier alpha value is -2.31. The van der Waals surface area contributed by atoms with Crippen molar-refractivity contribution < 1.29 is 14.7 Å². The Morgan fingerprint density at radius 3 is 2.76 bits per heavy atom. The summed E-state index contributed by atoms with van der Waals surface area (Å²) in [5.74, 6) is -1.50. The molecular weight excluding hydrogens is 336 g/mol. The number of aryl methyl sites for hydroxylation is 1. The molecular formula is C19H20N2O3S. The van der Waals surface area contributed by atoms with Gasteiger partial charge in [0.15, 0.2) is 0 Å². The fourth-order valence-electron chi connectivity index (χ4n) is 3.05. The Morgan fingerprint density at radius 1 is 1.16 bits per heavy atom. The first-order valence-electron chi connectivity index (χ1n) is 8.06. The molecule has 130 valence electrons. The number of anilines is 1. The van der Waals surface area contributed by atoms with Gasteiger partial charge in [0.1, 0.15) is 5.60 Å². The van der Waals surface area contributed by atoms with Crippen LogP contribution < -0.4 is 10.6 Å². The van der Waals surface area contributed by atoms with Crippen molar-refractivity contribution in [3.63, 3.8) is 0 Å². The number of thioether (sulfide) groups is 1. The normalized spacial score (nSPS) is 18.5. The molecule has 1 unspecified atom stereocenters.